The van der Waals surface area contributed by atoms with Crippen LogP contribution in [-0.2, 0) is 21.2 Å². The summed E-state index contributed by atoms with van der Waals surface area (Å²) in [5.74, 6) is -1.06. The molecular weight excluding hydrogens is 332 g/mol. The summed E-state index contributed by atoms with van der Waals surface area (Å²) >= 11 is 3.43. The van der Waals surface area contributed by atoms with Crippen molar-refractivity contribution in [3.63, 3.8) is 0 Å². The molecule has 1 aromatic carbocycles. The fourth-order valence-electron chi connectivity index (χ4n) is 1.61. The molecule has 1 aromatic rings. The van der Waals surface area contributed by atoms with Crippen LogP contribution in [0.2, 0.25) is 0 Å². The quantitative estimate of drug-likeness (QED) is 0.806. The Labute approximate surface area is 122 Å². The van der Waals surface area contributed by atoms with Crippen LogP contribution in [0.4, 0.5) is 0 Å². The Morgan fingerprint density at radius 2 is 2.00 bits per heavy atom. The molecule has 0 saturated heterocycles. The van der Waals surface area contributed by atoms with E-state index in [1.54, 1.807) is 0 Å². The van der Waals surface area contributed by atoms with Crippen molar-refractivity contribution < 1.29 is 13.2 Å². The van der Waals surface area contributed by atoms with Crippen LogP contribution in [0.3, 0.4) is 0 Å². The highest BCUT2D eigenvalue weighted by Gasteiger charge is 2.16. The molecule has 2 N–H and O–H groups in total. The molecule has 1 atom stereocenters. The van der Waals surface area contributed by atoms with E-state index < -0.39 is 21.7 Å². The lowest BCUT2D eigenvalue weighted by Crippen LogP contribution is -2.40. The van der Waals surface area contributed by atoms with E-state index in [4.69, 9.17) is 0 Å². The van der Waals surface area contributed by atoms with E-state index in [-0.39, 0.29) is 6.04 Å². The molecule has 0 fully saturated rings. The van der Waals surface area contributed by atoms with E-state index in [9.17, 15) is 13.2 Å². The average Bonchev–Trinajstić information content (AvgIpc) is 2.31. The summed E-state index contributed by atoms with van der Waals surface area (Å²) in [5, 5.41) is 2.67. The number of benzene rings is 1. The molecule has 0 heterocycles. The van der Waals surface area contributed by atoms with E-state index in [0.29, 0.717) is 6.42 Å². The van der Waals surface area contributed by atoms with Crippen molar-refractivity contribution in [1.82, 2.24) is 10.0 Å². The van der Waals surface area contributed by atoms with Gasteiger partial charge in [-0.3, -0.25) is 4.79 Å². The second-order valence-electron chi connectivity index (χ2n) is 4.23. The first-order valence-electron chi connectivity index (χ1n) is 5.78. The smallest absolute Gasteiger partial charge is 0.236 e. The summed E-state index contributed by atoms with van der Waals surface area (Å²) < 4.78 is 25.5. The van der Waals surface area contributed by atoms with Crippen LogP contribution >= 0.6 is 15.9 Å². The normalized spacial score (nSPS) is 13.0. The minimum atomic E-state index is -3.52. The van der Waals surface area contributed by atoms with Gasteiger partial charge < -0.3 is 5.32 Å². The molecule has 1 rings (SSSR count). The first kappa shape index (κ1) is 16.1. The number of carbonyl (C=O) groups is 1. The Hall–Kier alpha value is -0.920. The predicted molar refractivity (Wildman–Crippen MR) is 78.3 cm³/mol. The molecule has 0 aliphatic rings. The van der Waals surface area contributed by atoms with E-state index >= 15 is 0 Å². The van der Waals surface area contributed by atoms with E-state index in [1.807, 2.05) is 31.2 Å². The lowest BCUT2D eigenvalue weighted by Gasteiger charge is -2.14. The predicted octanol–water partition coefficient (Wildman–Crippen LogP) is 1.05. The van der Waals surface area contributed by atoms with Gasteiger partial charge in [0.15, 0.2) is 0 Å². The molecular formula is C12H17BrN2O3S. The van der Waals surface area contributed by atoms with Gasteiger partial charge >= 0.3 is 0 Å². The van der Waals surface area contributed by atoms with Crippen LogP contribution in [0.25, 0.3) is 0 Å². The molecule has 0 aromatic heterocycles. The van der Waals surface area contributed by atoms with Crippen LogP contribution in [-0.4, -0.2) is 33.2 Å². The minimum Gasteiger partial charge on any atom is -0.352 e. The Morgan fingerprint density at radius 3 is 2.58 bits per heavy atom. The summed E-state index contributed by atoms with van der Waals surface area (Å²) in [4.78, 5) is 11.6. The fourth-order valence-corrected chi connectivity index (χ4v) is 2.63. The highest BCUT2D eigenvalue weighted by atomic mass is 79.9. The zero-order valence-electron chi connectivity index (χ0n) is 10.8. The largest absolute Gasteiger partial charge is 0.352 e. The molecule has 5 nitrogen and oxygen atoms in total. The molecule has 7 heteroatoms. The molecule has 0 bridgehead atoms. The van der Waals surface area contributed by atoms with Gasteiger partial charge in [-0.1, -0.05) is 34.1 Å². The van der Waals surface area contributed by atoms with Crippen molar-refractivity contribution in [2.24, 2.45) is 0 Å². The molecule has 0 aliphatic carbocycles. The lowest BCUT2D eigenvalue weighted by molar-refractivity contribution is -0.119. The SMILES string of the molecule is CNS(=O)(=O)CC(=O)N[C@H](C)Cc1ccccc1Br. The Balaban J connectivity index is 2.54. The Bertz CT molecular complexity index is 546. The number of amides is 1. The van der Waals surface area contributed by atoms with E-state index in [0.717, 1.165) is 10.0 Å². The molecule has 0 aliphatic heterocycles. The Kier molecular flexibility index (Phi) is 5.96. The number of nitrogens with one attached hydrogen (secondary N) is 2. The number of hydrogen-bond acceptors (Lipinski definition) is 3. The topological polar surface area (TPSA) is 75.3 Å². The summed E-state index contributed by atoms with van der Waals surface area (Å²) in [6.07, 6.45) is 0.632. The third-order valence-corrected chi connectivity index (χ3v) is 4.56. The minimum absolute atomic E-state index is 0.141. The molecule has 0 radical (unpaired) electrons. The van der Waals surface area contributed by atoms with Gasteiger partial charge in [0.25, 0.3) is 0 Å². The van der Waals surface area contributed by atoms with Crippen molar-refractivity contribution in [3.8, 4) is 0 Å². The molecule has 106 valence electrons. The van der Waals surface area contributed by atoms with Gasteiger partial charge in [0.1, 0.15) is 5.75 Å². The highest BCUT2D eigenvalue weighted by Crippen LogP contribution is 2.17. The fraction of sp³-hybridized carbons (Fsp3) is 0.417. The van der Waals surface area contributed by atoms with Crippen LogP contribution in [0.5, 0.6) is 0 Å². The summed E-state index contributed by atoms with van der Waals surface area (Å²) in [7, 11) is -2.23. The molecule has 0 saturated carbocycles. The van der Waals surface area contributed by atoms with Gasteiger partial charge in [-0.15, -0.1) is 0 Å². The van der Waals surface area contributed by atoms with Crippen molar-refractivity contribution in [2.75, 3.05) is 12.8 Å². The van der Waals surface area contributed by atoms with Gasteiger partial charge in [-0.05, 0) is 32.0 Å². The third kappa shape index (κ3) is 5.71. The summed E-state index contributed by atoms with van der Waals surface area (Å²) in [6, 6.07) is 7.57. The molecule has 1 amide bonds. The number of rotatable bonds is 6. The number of hydrogen-bond donors (Lipinski definition) is 2. The molecule has 0 spiro atoms. The lowest BCUT2D eigenvalue weighted by atomic mass is 10.1. The van der Waals surface area contributed by atoms with Crippen LogP contribution < -0.4 is 10.0 Å². The Morgan fingerprint density at radius 1 is 1.37 bits per heavy atom. The van der Waals surface area contributed by atoms with Gasteiger partial charge in [-0.25, -0.2) is 13.1 Å². The highest BCUT2D eigenvalue weighted by molar-refractivity contribution is 9.10. The third-order valence-electron chi connectivity index (χ3n) is 2.52. The monoisotopic (exact) mass is 348 g/mol. The van der Waals surface area contributed by atoms with Gasteiger partial charge in [0.2, 0.25) is 15.9 Å². The zero-order chi connectivity index (χ0) is 14.5. The van der Waals surface area contributed by atoms with Crippen molar-refractivity contribution >= 4 is 31.9 Å². The average molecular weight is 349 g/mol. The summed E-state index contributed by atoms with van der Waals surface area (Å²) in [6.45, 7) is 1.84. The van der Waals surface area contributed by atoms with Crippen LogP contribution in [0, 0.1) is 0 Å². The van der Waals surface area contributed by atoms with E-state index in [1.165, 1.54) is 7.05 Å². The maximum atomic E-state index is 11.6. The number of carbonyl (C=O) groups excluding carboxylic acids is 1. The van der Waals surface area contributed by atoms with Crippen molar-refractivity contribution in [1.29, 1.82) is 0 Å². The molecule has 0 unspecified atom stereocenters. The maximum Gasteiger partial charge on any atom is 0.236 e. The number of halogens is 1. The van der Waals surface area contributed by atoms with Crippen LogP contribution in [0.15, 0.2) is 28.7 Å². The second-order valence-corrected chi connectivity index (χ2v) is 7.01. The first-order valence-corrected chi connectivity index (χ1v) is 8.22. The standard InChI is InChI=1S/C12H17BrN2O3S/c1-9(7-10-5-3-4-6-11(10)13)15-12(16)8-19(17,18)14-2/h3-6,9,14H,7-8H2,1-2H3,(H,15,16)/t9-/m1/s1. The number of sulfonamides is 1. The van der Waals surface area contributed by atoms with Gasteiger partial charge in [0, 0.05) is 10.5 Å². The molecule has 19 heavy (non-hydrogen) atoms. The van der Waals surface area contributed by atoms with Crippen molar-refractivity contribution in [2.45, 2.75) is 19.4 Å². The second kappa shape index (κ2) is 7.02. The van der Waals surface area contributed by atoms with Gasteiger partial charge in [-0.2, -0.15) is 0 Å². The maximum absolute atomic E-state index is 11.6. The zero-order valence-corrected chi connectivity index (χ0v) is 13.2. The van der Waals surface area contributed by atoms with Crippen LogP contribution in [0.1, 0.15) is 12.5 Å². The van der Waals surface area contributed by atoms with Crippen molar-refractivity contribution in [3.05, 3.63) is 34.3 Å². The van der Waals surface area contributed by atoms with Gasteiger partial charge in [0.05, 0.1) is 0 Å². The first-order chi connectivity index (χ1) is 8.84. The summed E-state index contributed by atoms with van der Waals surface area (Å²) in [5.41, 5.74) is 1.06. The van der Waals surface area contributed by atoms with E-state index in [2.05, 4.69) is 26.0 Å².